The lowest BCUT2D eigenvalue weighted by Gasteiger charge is -2.17. The first-order chi connectivity index (χ1) is 11.2. The lowest BCUT2D eigenvalue weighted by atomic mass is 10.0. The van der Waals surface area contributed by atoms with Crippen LogP contribution in [0.1, 0.15) is 12.0 Å². The molecule has 2 aromatic rings. The first kappa shape index (κ1) is 16.4. The first-order valence-corrected chi connectivity index (χ1v) is 8.58. The highest BCUT2D eigenvalue weighted by molar-refractivity contribution is 7.99. The molecule has 0 atom stereocenters. The van der Waals surface area contributed by atoms with Crippen molar-refractivity contribution in [1.82, 2.24) is 5.32 Å². The van der Waals surface area contributed by atoms with Gasteiger partial charge in [-0.25, -0.2) is 4.39 Å². The average molecular weight is 350 g/mol. The average Bonchev–Trinajstić information content (AvgIpc) is 2.58. The van der Waals surface area contributed by atoms with Crippen molar-refractivity contribution < 1.29 is 9.13 Å². The van der Waals surface area contributed by atoms with Crippen LogP contribution in [0.5, 0.6) is 5.75 Å². The van der Waals surface area contributed by atoms with Gasteiger partial charge in [0, 0.05) is 16.3 Å². The summed E-state index contributed by atoms with van der Waals surface area (Å²) < 4.78 is 18.9. The molecule has 1 aliphatic heterocycles. The molecule has 0 radical (unpaired) electrons. The van der Waals surface area contributed by atoms with E-state index in [2.05, 4.69) is 11.4 Å². The van der Waals surface area contributed by atoms with Crippen LogP contribution in [0, 0.1) is 5.82 Å². The van der Waals surface area contributed by atoms with Gasteiger partial charge in [-0.3, -0.25) is 0 Å². The van der Waals surface area contributed by atoms with Crippen LogP contribution >= 0.6 is 23.4 Å². The minimum atomic E-state index is -0.218. The van der Waals surface area contributed by atoms with Gasteiger partial charge in [0.2, 0.25) is 0 Å². The molecular weight excluding hydrogens is 333 g/mol. The molecule has 2 nitrogen and oxygen atoms in total. The van der Waals surface area contributed by atoms with E-state index in [1.807, 2.05) is 18.2 Å². The van der Waals surface area contributed by atoms with Crippen molar-refractivity contribution in [2.24, 2.45) is 0 Å². The van der Waals surface area contributed by atoms with Crippen molar-refractivity contribution in [2.45, 2.75) is 16.2 Å². The third-order valence-electron chi connectivity index (χ3n) is 3.71. The minimum Gasteiger partial charge on any atom is -0.497 e. The largest absolute Gasteiger partial charge is 0.497 e. The second kappa shape index (κ2) is 7.39. The molecule has 0 spiro atoms. The van der Waals surface area contributed by atoms with E-state index >= 15 is 0 Å². The van der Waals surface area contributed by atoms with Crippen LogP contribution in [0.3, 0.4) is 0 Å². The second-order valence-corrected chi connectivity index (χ2v) is 6.71. The Hall–Kier alpha value is -1.49. The number of nitrogens with one attached hydrogen (secondary N) is 1. The Morgan fingerprint density at radius 3 is 2.70 bits per heavy atom. The Labute approximate surface area is 144 Å². The van der Waals surface area contributed by atoms with E-state index in [1.165, 1.54) is 11.6 Å². The number of rotatable bonds is 4. The summed E-state index contributed by atoms with van der Waals surface area (Å²) in [6.07, 6.45) is 3.02. The van der Waals surface area contributed by atoms with E-state index < -0.39 is 0 Å². The maximum atomic E-state index is 13.7. The quantitative estimate of drug-likeness (QED) is 0.837. The molecule has 23 heavy (non-hydrogen) atoms. The standard InChI is InChI=1S/C18H17ClFNOS/c1-22-14-3-5-18(16(19)11-14)23-17-4-2-13(20)10-15(17)12-6-8-21-9-7-12/h2-6,10-11,21H,7-9H2,1H3. The summed E-state index contributed by atoms with van der Waals surface area (Å²) in [7, 11) is 1.61. The summed E-state index contributed by atoms with van der Waals surface area (Å²) in [4.78, 5) is 1.93. The van der Waals surface area contributed by atoms with Gasteiger partial charge in [-0.2, -0.15) is 0 Å². The van der Waals surface area contributed by atoms with Gasteiger partial charge >= 0.3 is 0 Å². The molecule has 0 unspecified atom stereocenters. The molecule has 2 aromatic carbocycles. The summed E-state index contributed by atoms with van der Waals surface area (Å²) >= 11 is 7.87. The van der Waals surface area contributed by atoms with Gasteiger partial charge < -0.3 is 10.1 Å². The van der Waals surface area contributed by atoms with Gasteiger partial charge in [-0.15, -0.1) is 0 Å². The molecular formula is C18H17ClFNOS. The van der Waals surface area contributed by atoms with Gasteiger partial charge in [0.05, 0.1) is 12.1 Å². The lowest BCUT2D eigenvalue weighted by Crippen LogP contribution is -2.20. The fourth-order valence-electron chi connectivity index (χ4n) is 2.52. The van der Waals surface area contributed by atoms with Crippen molar-refractivity contribution in [3.63, 3.8) is 0 Å². The maximum Gasteiger partial charge on any atom is 0.123 e. The number of halogens is 2. The molecule has 0 aromatic heterocycles. The predicted molar refractivity (Wildman–Crippen MR) is 94.0 cm³/mol. The van der Waals surface area contributed by atoms with Crippen LogP contribution < -0.4 is 10.1 Å². The zero-order valence-electron chi connectivity index (χ0n) is 12.7. The highest BCUT2D eigenvalue weighted by atomic mass is 35.5. The number of hydrogen-bond acceptors (Lipinski definition) is 3. The minimum absolute atomic E-state index is 0.218. The van der Waals surface area contributed by atoms with Crippen LogP contribution in [0.25, 0.3) is 5.57 Å². The van der Waals surface area contributed by atoms with E-state index in [4.69, 9.17) is 16.3 Å². The molecule has 1 heterocycles. The summed E-state index contributed by atoms with van der Waals surface area (Å²) in [5, 5.41) is 3.91. The van der Waals surface area contributed by atoms with Gasteiger partial charge in [-0.1, -0.05) is 29.4 Å². The van der Waals surface area contributed by atoms with Crippen molar-refractivity contribution in [3.8, 4) is 5.75 Å². The van der Waals surface area contributed by atoms with Crippen LogP contribution in [-0.4, -0.2) is 20.2 Å². The Bertz CT molecular complexity index is 748. The smallest absolute Gasteiger partial charge is 0.123 e. The van der Waals surface area contributed by atoms with Gasteiger partial charge in [0.1, 0.15) is 11.6 Å². The second-order valence-electron chi connectivity index (χ2n) is 5.22. The molecule has 0 saturated heterocycles. The molecule has 0 bridgehead atoms. The van der Waals surface area contributed by atoms with E-state index in [-0.39, 0.29) is 5.82 Å². The molecule has 0 aliphatic carbocycles. The first-order valence-electron chi connectivity index (χ1n) is 7.38. The third kappa shape index (κ3) is 3.89. The highest BCUT2D eigenvalue weighted by Gasteiger charge is 2.14. The predicted octanol–water partition coefficient (Wildman–Crippen LogP) is 5.02. The Kier molecular flexibility index (Phi) is 5.26. The maximum absolute atomic E-state index is 13.7. The summed E-state index contributed by atoms with van der Waals surface area (Å²) in [5.74, 6) is 0.504. The van der Waals surface area contributed by atoms with Crippen molar-refractivity contribution in [2.75, 3.05) is 20.2 Å². The van der Waals surface area contributed by atoms with Crippen LogP contribution in [0.2, 0.25) is 5.02 Å². The Morgan fingerprint density at radius 2 is 2.00 bits per heavy atom. The Balaban J connectivity index is 1.95. The number of methoxy groups -OCH3 is 1. The number of ether oxygens (including phenoxy) is 1. The molecule has 120 valence electrons. The number of hydrogen-bond donors (Lipinski definition) is 1. The molecule has 1 aliphatic rings. The topological polar surface area (TPSA) is 21.3 Å². The van der Waals surface area contributed by atoms with Crippen molar-refractivity contribution in [1.29, 1.82) is 0 Å². The van der Waals surface area contributed by atoms with Gasteiger partial charge in [-0.05, 0) is 60.5 Å². The summed E-state index contributed by atoms with van der Waals surface area (Å²) in [6, 6.07) is 10.5. The van der Waals surface area contributed by atoms with Crippen LogP contribution in [0.15, 0.2) is 52.3 Å². The molecule has 1 N–H and O–H groups in total. The van der Waals surface area contributed by atoms with Gasteiger partial charge in [0.25, 0.3) is 0 Å². The van der Waals surface area contributed by atoms with Crippen LogP contribution in [0.4, 0.5) is 4.39 Å². The van der Waals surface area contributed by atoms with Crippen molar-refractivity contribution in [3.05, 3.63) is 58.9 Å². The van der Waals surface area contributed by atoms with E-state index in [9.17, 15) is 4.39 Å². The lowest BCUT2D eigenvalue weighted by molar-refractivity contribution is 0.414. The third-order valence-corrected chi connectivity index (χ3v) is 5.29. The van der Waals surface area contributed by atoms with Crippen molar-refractivity contribution >= 4 is 28.9 Å². The normalized spacial score (nSPS) is 14.5. The zero-order chi connectivity index (χ0) is 16.2. The van der Waals surface area contributed by atoms with Crippen LogP contribution in [-0.2, 0) is 0 Å². The molecule has 0 fully saturated rings. The Morgan fingerprint density at radius 1 is 1.17 bits per heavy atom. The highest BCUT2D eigenvalue weighted by Crippen LogP contribution is 2.39. The number of benzene rings is 2. The SMILES string of the molecule is COc1ccc(Sc2ccc(F)cc2C2=CCNCC2)c(Cl)c1. The van der Waals surface area contributed by atoms with Gasteiger partial charge in [0.15, 0.2) is 0 Å². The molecule has 5 heteroatoms. The molecule has 3 rings (SSSR count). The van der Waals surface area contributed by atoms with E-state index in [0.29, 0.717) is 5.02 Å². The van der Waals surface area contributed by atoms with E-state index in [1.54, 1.807) is 31.0 Å². The summed E-state index contributed by atoms with van der Waals surface area (Å²) in [5.41, 5.74) is 2.12. The molecule has 0 saturated carbocycles. The van der Waals surface area contributed by atoms with E-state index in [0.717, 1.165) is 40.6 Å². The fourth-order valence-corrected chi connectivity index (χ4v) is 3.77. The molecule has 0 amide bonds. The fraction of sp³-hybridized carbons (Fsp3) is 0.222. The summed E-state index contributed by atoms with van der Waals surface area (Å²) in [6.45, 7) is 1.73. The zero-order valence-corrected chi connectivity index (χ0v) is 14.3. The monoisotopic (exact) mass is 349 g/mol.